The fourth-order valence-corrected chi connectivity index (χ4v) is 2.88. The van der Waals surface area contributed by atoms with Gasteiger partial charge >= 0.3 is 0 Å². The molecule has 0 spiro atoms. The van der Waals surface area contributed by atoms with Crippen LogP contribution in [0.4, 0.5) is 5.69 Å². The lowest BCUT2D eigenvalue weighted by molar-refractivity contribution is 0.157. The van der Waals surface area contributed by atoms with Gasteiger partial charge in [-0.15, -0.1) is 24.0 Å². The molecule has 0 saturated carbocycles. The maximum Gasteiger partial charge on any atom is 0.193 e. The lowest BCUT2D eigenvalue weighted by Gasteiger charge is -2.21. The molecule has 5 nitrogen and oxygen atoms in total. The van der Waals surface area contributed by atoms with Crippen LogP contribution in [0, 0.1) is 5.92 Å². The van der Waals surface area contributed by atoms with Crippen LogP contribution in [-0.4, -0.2) is 57.3 Å². The zero-order valence-electron chi connectivity index (χ0n) is 14.8. The molecule has 2 N–H and O–H groups in total. The Labute approximate surface area is 163 Å². The van der Waals surface area contributed by atoms with Crippen molar-refractivity contribution in [1.82, 2.24) is 10.2 Å². The quantitative estimate of drug-likeness (QED) is 0.279. The van der Waals surface area contributed by atoms with E-state index in [-0.39, 0.29) is 24.0 Å². The highest BCUT2D eigenvalue weighted by Gasteiger charge is 2.24. The number of methoxy groups -OCH3 is 1. The van der Waals surface area contributed by atoms with Crippen molar-refractivity contribution in [3.8, 4) is 0 Å². The summed E-state index contributed by atoms with van der Waals surface area (Å²) < 4.78 is 5.27. The maximum atomic E-state index is 5.27. The molecule has 0 amide bonds. The first-order chi connectivity index (χ1) is 11.3. The van der Waals surface area contributed by atoms with Crippen LogP contribution in [0.1, 0.15) is 19.8 Å². The van der Waals surface area contributed by atoms with E-state index in [2.05, 4.69) is 34.6 Å². The van der Waals surface area contributed by atoms with E-state index in [1.165, 1.54) is 12.1 Å². The second-order valence-corrected chi connectivity index (χ2v) is 5.94. The molecule has 1 aliphatic rings. The smallest absolute Gasteiger partial charge is 0.193 e. The molecular weight excluding hydrogens is 415 g/mol. The van der Waals surface area contributed by atoms with Gasteiger partial charge in [0.1, 0.15) is 0 Å². The van der Waals surface area contributed by atoms with Crippen LogP contribution in [0.5, 0.6) is 0 Å². The van der Waals surface area contributed by atoms with Gasteiger partial charge in [0.2, 0.25) is 0 Å². The maximum absolute atomic E-state index is 5.27. The van der Waals surface area contributed by atoms with E-state index < -0.39 is 0 Å². The predicted molar refractivity (Wildman–Crippen MR) is 112 cm³/mol. The van der Waals surface area contributed by atoms with Crippen LogP contribution >= 0.6 is 24.0 Å². The molecule has 1 aromatic carbocycles. The topological polar surface area (TPSA) is 48.9 Å². The molecule has 0 bridgehead atoms. The van der Waals surface area contributed by atoms with Crippen LogP contribution in [0.2, 0.25) is 0 Å². The van der Waals surface area contributed by atoms with Crippen LogP contribution in [-0.2, 0) is 4.74 Å². The number of aliphatic imine (C=N–C) groups is 1. The van der Waals surface area contributed by atoms with E-state index in [0.717, 1.165) is 51.7 Å². The van der Waals surface area contributed by atoms with E-state index in [9.17, 15) is 0 Å². The first kappa shape index (κ1) is 21.0. The average Bonchev–Trinajstić information content (AvgIpc) is 3.03. The Morgan fingerprint density at radius 2 is 2.12 bits per heavy atom. The van der Waals surface area contributed by atoms with Gasteiger partial charge in [0.05, 0.1) is 6.61 Å². The van der Waals surface area contributed by atoms with Gasteiger partial charge in [0.15, 0.2) is 5.96 Å². The lowest BCUT2D eigenvalue weighted by atomic mass is 10.1. The molecule has 0 radical (unpaired) electrons. The van der Waals surface area contributed by atoms with Crippen LogP contribution in [0.3, 0.4) is 0 Å². The summed E-state index contributed by atoms with van der Waals surface area (Å²) in [6, 6.07) is 10.3. The number of rotatable bonds is 8. The number of hydrogen-bond acceptors (Lipinski definition) is 3. The summed E-state index contributed by atoms with van der Waals surface area (Å²) in [5.74, 6) is 1.68. The molecule has 1 aliphatic heterocycles. The lowest BCUT2D eigenvalue weighted by Crippen LogP contribution is -2.40. The summed E-state index contributed by atoms with van der Waals surface area (Å²) >= 11 is 0. The largest absolute Gasteiger partial charge is 0.385 e. The van der Waals surface area contributed by atoms with Crippen LogP contribution in [0.15, 0.2) is 35.3 Å². The van der Waals surface area contributed by atoms with Gasteiger partial charge in [-0.1, -0.05) is 18.2 Å². The molecule has 1 unspecified atom stereocenters. The van der Waals surface area contributed by atoms with Crippen molar-refractivity contribution in [2.24, 2.45) is 10.9 Å². The molecule has 1 saturated heterocycles. The Morgan fingerprint density at radius 3 is 2.83 bits per heavy atom. The highest BCUT2D eigenvalue weighted by atomic mass is 127. The Kier molecular flexibility index (Phi) is 10.8. The van der Waals surface area contributed by atoms with Crippen LogP contribution in [0.25, 0.3) is 0 Å². The SMILES string of the molecule is CCNC(=NCCCNc1ccccc1)N1CCC(COC)C1.I. The van der Waals surface area contributed by atoms with Gasteiger partial charge in [0.25, 0.3) is 0 Å². The highest BCUT2D eigenvalue weighted by Crippen LogP contribution is 2.16. The number of likely N-dealkylation sites (tertiary alicyclic amines) is 1. The normalized spacial score (nSPS) is 17.5. The van der Waals surface area contributed by atoms with Crippen molar-refractivity contribution in [1.29, 1.82) is 0 Å². The summed E-state index contributed by atoms with van der Waals surface area (Å²) in [7, 11) is 1.78. The number of nitrogens with zero attached hydrogens (tertiary/aromatic N) is 2. The summed E-state index contributed by atoms with van der Waals surface area (Å²) in [5, 5.41) is 6.83. The molecule has 2 rings (SSSR count). The third kappa shape index (κ3) is 7.25. The van der Waals surface area contributed by atoms with E-state index >= 15 is 0 Å². The van der Waals surface area contributed by atoms with Gasteiger partial charge in [-0.05, 0) is 31.9 Å². The molecule has 24 heavy (non-hydrogen) atoms. The first-order valence-electron chi connectivity index (χ1n) is 8.64. The molecule has 0 aromatic heterocycles. The Balaban J connectivity index is 0.00000288. The third-order valence-electron chi connectivity index (χ3n) is 4.02. The van der Waals surface area contributed by atoms with E-state index in [1.54, 1.807) is 7.11 Å². The summed E-state index contributed by atoms with van der Waals surface area (Å²) in [6.45, 7) is 7.77. The molecule has 0 aliphatic carbocycles. The minimum Gasteiger partial charge on any atom is -0.385 e. The van der Waals surface area contributed by atoms with Gasteiger partial charge in [-0.25, -0.2) is 0 Å². The molecule has 1 heterocycles. The predicted octanol–water partition coefficient (Wildman–Crippen LogP) is 3.04. The van der Waals surface area contributed by atoms with Crippen molar-refractivity contribution in [2.45, 2.75) is 19.8 Å². The Bertz CT molecular complexity index is 469. The number of benzene rings is 1. The second-order valence-electron chi connectivity index (χ2n) is 5.94. The van der Waals surface area contributed by atoms with Gasteiger partial charge in [-0.3, -0.25) is 4.99 Å². The second kappa shape index (κ2) is 12.4. The fourth-order valence-electron chi connectivity index (χ4n) is 2.88. The zero-order valence-corrected chi connectivity index (χ0v) is 17.2. The van der Waals surface area contributed by atoms with Gasteiger partial charge < -0.3 is 20.3 Å². The highest BCUT2D eigenvalue weighted by molar-refractivity contribution is 14.0. The minimum absolute atomic E-state index is 0. The number of anilines is 1. The first-order valence-corrected chi connectivity index (χ1v) is 8.64. The number of hydrogen-bond donors (Lipinski definition) is 2. The molecule has 136 valence electrons. The summed E-state index contributed by atoms with van der Waals surface area (Å²) in [4.78, 5) is 7.13. The Hall–Kier alpha value is -1.02. The van der Waals surface area contributed by atoms with Crippen LogP contribution < -0.4 is 10.6 Å². The van der Waals surface area contributed by atoms with Crippen molar-refractivity contribution in [2.75, 3.05) is 51.8 Å². The molecule has 1 aromatic rings. The number of nitrogens with one attached hydrogen (secondary N) is 2. The van der Waals surface area contributed by atoms with Crippen molar-refractivity contribution in [3.63, 3.8) is 0 Å². The fraction of sp³-hybridized carbons (Fsp3) is 0.611. The molecular formula is C18H31IN4O. The zero-order chi connectivity index (χ0) is 16.3. The average molecular weight is 446 g/mol. The van der Waals surface area contributed by atoms with Crippen molar-refractivity contribution < 1.29 is 4.74 Å². The van der Waals surface area contributed by atoms with Crippen molar-refractivity contribution >= 4 is 35.6 Å². The number of ether oxygens (including phenoxy) is 1. The van der Waals surface area contributed by atoms with Crippen molar-refractivity contribution in [3.05, 3.63) is 30.3 Å². The van der Waals surface area contributed by atoms with E-state index in [1.807, 2.05) is 18.2 Å². The number of para-hydroxylation sites is 1. The third-order valence-corrected chi connectivity index (χ3v) is 4.02. The summed E-state index contributed by atoms with van der Waals surface area (Å²) in [6.07, 6.45) is 2.22. The van der Waals surface area contributed by atoms with E-state index in [0.29, 0.717) is 5.92 Å². The van der Waals surface area contributed by atoms with Gasteiger partial charge in [0, 0.05) is 51.4 Å². The molecule has 6 heteroatoms. The molecule has 1 fully saturated rings. The Morgan fingerprint density at radius 1 is 1.33 bits per heavy atom. The monoisotopic (exact) mass is 446 g/mol. The standard InChI is InChI=1S/C18H30N4O.HI/c1-3-19-18(22-13-10-16(14-22)15-23-2)21-12-7-11-20-17-8-5-4-6-9-17;/h4-6,8-9,16,20H,3,7,10-15H2,1-2H3,(H,19,21);1H. The van der Waals surface area contributed by atoms with E-state index in [4.69, 9.17) is 9.73 Å². The summed E-state index contributed by atoms with van der Waals surface area (Å²) in [5.41, 5.74) is 1.17. The number of guanidine groups is 1. The molecule has 1 atom stereocenters. The minimum atomic E-state index is 0. The number of halogens is 1. The van der Waals surface area contributed by atoms with Gasteiger partial charge in [-0.2, -0.15) is 0 Å².